The number of nitrogens with zero attached hydrogens (tertiary/aromatic N) is 1. The lowest BCUT2D eigenvalue weighted by atomic mass is 10.1. The van der Waals surface area contributed by atoms with Crippen molar-refractivity contribution in [2.75, 3.05) is 6.54 Å². The number of hydrogen-bond acceptors (Lipinski definition) is 2. The second-order valence-electron chi connectivity index (χ2n) is 6.72. The summed E-state index contributed by atoms with van der Waals surface area (Å²) >= 11 is 3.76. The van der Waals surface area contributed by atoms with Gasteiger partial charge in [-0.2, -0.15) is 0 Å². The van der Waals surface area contributed by atoms with Gasteiger partial charge in [-0.15, -0.1) is 0 Å². The maximum atomic E-state index is 3.76. The van der Waals surface area contributed by atoms with Gasteiger partial charge < -0.3 is 5.32 Å². The highest BCUT2D eigenvalue weighted by molar-refractivity contribution is 9.10. The Bertz CT molecular complexity index is 472. The van der Waals surface area contributed by atoms with Crippen molar-refractivity contribution in [1.82, 2.24) is 10.2 Å². The molecule has 2 unspecified atom stereocenters. The standard InChI is InChI=1S/C17H25BrN2/c1-12(2)19-9-13-3-5-15(17(18)8-13)11-20-10-14-4-6-16(20)7-14/h3,5,8,12,14,16,19H,4,6-7,9-11H2,1-2H3. The van der Waals surface area contributed by atoms with Crippen molar-refractivity contribution in [1.29, 1.82) is 0 Å². The van der Waals surface area contributed by atoms with Crippen LogP contribution in [0.5, 0.6) is 0 Å². The van der Waals surface area contributed by atoms with Crippen molar-refractivity contribution in [3.8, 4) is 0 Å². The fourth-order valence-corrected chi connectivity index (χ4v) is 4.14. The first-order chi connectivity index (χ1) is 9.61. The highest BCUT2D eigenvalue weighted by atomic mass is 79.9. The number of halogens is 1. The van der Waals surface area contributed by atoms with Crippen molar-refractivity contribution in [3.05, 3.63) is 33.8 Å². The maximum Gasteiger partial charge on any atom is 0.0247 e. The SMILES string of the molecule is CC(C)NCc1ccc(CN2CC3CCC2C3)c(Br)c1. The predicted octanol–water partition coefficient (Wildman–Crippen LogP) is 3.93. The van der Waals surface area contributed by atoms with E-state index in [1.807, 2.05) is 0 Å². The van der Waals surface area contributed by atoms with Gasteiger partial charge in [0.1, 0.15) is 0 Å². The Labute approximate surface area is 131 Å². The first-order valence-corrected chi connectivity index (χ1v) is 8.66. The third-order valence-corrected chi connectivity index (χ3v) is 5.47. The Morgan fingerprint density at radius 2 is 2.20 bits per heavy atom. The Kier molecular flexibility index (Phi) is 4.49. The van der Waals surface area contributed by atoms with E-state index in [9.17, 15) is 0 Å². The molecule has 3 heteroatoms. The average Bonchev–Trinajstić information content (AvgIpc) is 3.01. The first-order valence-electron chi connectivity index (χ1n) is 7.86. The number of likely N-dealkylation sites (tertiary alicyclic amines) is 1. The van der Waals surface area contributed by atoms with Crippen LogP contribution in [0.25, 0.3) is 0 Å². The van der Waals surface area contributed by atoms with Gasteiger partial charge in [-0.3, -0.25) is 4.90 Å². The summed E-state index contributed by atoms with van der Waals surface area (Å²) in [5.41, 5.74) is 2.79. The molecule has 0 radical (unpaired) electrons. The van der Waals surface area contributed by atoms with Crippen LogP contribution in [-0.4, -0.2) is 23.5 Å². The van der Waals surface area contributed by atoms with Gasteiger partial charge in [-0.1, -0.05) is 41.9 Å². The summed E-state index contributed by atoms with van der Waals surface area (Å²) < 4.78 is 1.27. The largest absolute Gasteiger partial charge is 0.310 e. The van der Waals surface area contributed by atoms with E-state index in [1.165, 1.54) is 41.4 Å². The molecule has 2 bridgehead atoms. The monoisotopic (exact) mass is 336 g/mol. The minimum atomic E-state index is 0.536. The van der Waals surface area contributed by atoms with E-state index in [2.05, 4.69) is 58.2 Å². The van der Waals surface area contributed by atoms with Crippen LogP contribution in [-0.2, 0) is 13.1 Å². The summed E-state index contributed by atoms with van der Waals surface area (Å²) in [6, 6.07) is 8.23. The fourth-order valence-electron chi connectivity index (χ4n) is 3.59. The van der Waals surface area contributed by atoms with Crippen molar-refractivity contribution >= 4 is 15.9 Å². The Morgan fingerprint density at radius 3 is 2.80 bits per heavy atom. The van der Waals surface area contributed by atoms with Crippen LogP contribution in [0.15, 0.2) is 22.7 Å². The lowest BCUT2D eigenvalue weighted by Gasteiger charge is -2.27. The molecule has 2 nitrogen and oxygen atoms in total. The smallest absolute Gasteiger partial charge is 0.0247 e. The summed E-state index contributed by atoms with van der Waals surface area (Å²) in [5, 5.41) is 3.47. The Morgan fingerprint density at radius 1 is 1.35 bits per heavy atom. The zero-order chi connectivity index (χ0) is 14.1. The van der Waals surface area contributed by atoms with Crippen LogP contribution in [0.3, 0.4) is 0 Å². The average molecular weight is 337 g/mol. The van der Waals surface area contributed by atoms with Gasteiger partial charge in [0.15, 0.2) is 0 Å². The van der Waals surface area contributed by atoms with E-state index in [4.69, 9.17) is 0 Å². The number of piperidine rings is 1. The van der Waals surface area contributed by atoms with Crippen molar-refractivity contribution < 1.29 is 0 Å². The number of rotatable bonds is 5. The second kappa shape index (κ2) is 6.17. The van der Waals surface area contributed by atoms with Crippen LogP contribution < -0.4 is 5.32 Å². The molecule has 3 rings (SSSR count). The van der Waals surface area contributed by atoms with Gasteiger partial charge in [-0.05, 0) is 42.4 Å². The lowest BCUT2D eigenvalue weighted by molar-refractivity contribution is 0.205. The summed E-state index contributed by atoms with van der Waals surface area (Å²) in [4.78, 5) is 2.68. The molecular formula is C17H25BrN2. The fraction of sp³-hybridized carbons (Fsp3) is 0.647. The van der Waals surface area contributed by atoms with Crippen LogP contribution >= 0.6 is 15.9 Å². The number of nitrogens with one attached hydrogen (secondary N) is 1. The van der Waals surface area contributed by atoms with E-state index >= 15 is 0 Å². The van der Waals surface area contributed by atoms with Gasteiger partial charge in [0.05, 0.1) is 0 Å². The molecule has 2 fully saturated rings. The molecule has 1 saturated carbocycles. The molecule has 0 amide bonds. The molecule has 2 aliphatic rings. The maximum absolute atomic E-state index is 3.76. The summed E-state index contributed by atoms with van der Waals surface area (Å²) in [6.45, 7) is 7.75. The molecule has 1 aliphatic heterocycles. The molecule has 1 aromatic carbocycles. The van der Waals surface area contributed by atoms with E-state index in [-0.39, 0.29) is 0 Å². The molecule has 110 valence electrons. The van der Waals surface area contributed by atoms with E-state index < -0.39 is 0 Å². The lowest BCUT2D eigenvalue weighted by Crippen LogP contribution is -2.31. The van der Waals surface area contributed by atoms with Crippen LogP contribution in [0, 0.1) is 5.92 Å². The zero-order valence-corrected chi connectivity index (χ0v) is 14.1. The number of benzene rings is 1. The van der Waals surface area contributed by atoms with Crippen LogP contribution in [0.1, 0.15) is 44.2 Å². The molecule has 20 heavy (non-hydrogen) atoms. The summed E-state index contributed by atoms with van der Waals surface area (Å²) in [6.07, 6.45) is 4.31. The molecule has 1 heterocycles. The highest BCUT2D eigenvalue weighted by Gasteiger charge is 2.37. The molecule has 0 aromatic heterocycles. The molecule has 1 saturated heterocycles. The van der Waals surface area contributed by atoms with Crippen LogP contribution in [0.2, 0.25) is 0 Å². The van der Waals surface area contributed by atoms with Crippen LogP contribution in [0.4, 0.5) is 0 Å². The Balaban J connectivity index is 1.62. The topological polar surface area (TPSA) is 15.3 Å². The van der Waals surface area contributed by atoms with E-state index in [0.29, 0.717) is 6.04 Å². The van der Waals surface area contributed by atoms with E-state index in [0.717, 1.165) is 25.0 Å². The summed E-state index contributed by atoms with van der Waals surface area (Å²) in [7, 11) is 0. The summed E-state index contributed by atoms with van der Waals surface area (Å²) in [5.74, 6) is 0.980. The molecular weight excluding hydrogens is 312 g/mol. The normalized spacial score (nSPS) is 25.8. The van der Waals surface area contributed by atoms with Gasteiger partial charge in [-0.25, -0.2) is 0 Å². The molecule has 0 spiro atoms. The third-order valence-electron chi connectivity index (χ3n) is 4.73. The van der Waals surface area contributed by atoms with Crippen molar-refractivity contribution in [3.63, 3.8) is 0 Å². The Hall–Kier alpha value is -0.380. The number of fused-ring (bicyclic) bond motifs is 2. The van der Waals surface area contributed by atoms with Gasteiger partial charge in [0, 0.05) is 36.2 Å². The molecule has 2 atom stereocenters. The second-order valence-corrected chi connectivity index (χ2v) is 7.58. The van der Waals surface area contributed by atoms with Gasteiger partial charge >= 0.3 is 0 Å². The molecule has 1 aliphatic carbocycles. The first kappa shape index (κ1) is 14.6. The molecule has 1 N–H and O–H groups in total. The van der Waals surface area contributed by atoms with E-state index in [1.54, 1.807) is 0 Å². The third kappa shape index (κ3) is 3.26. The van der Waals surface area contributed by atoms with Gasteiger partial charge in [0.25, 0.3) is 0 Å². The minimum absolute atomic E-state index is 0.536. The number of hydrogen-bond donors (Lipinski definition) is 1. The predicted molar refractivity (Wildman–Crippen MR) is 87.7 cm³/mol. The van der Waals surface area contributed by atoms with Gasteiger partial charge in [0.2, 0.25) is 0 Å². The molecule has 1 aromatic rings. The quantitative estimate of drug-likeness (QED) is 0.876. The van der Waals surface area contributed by atoms with Crippen molar-refractivity contribution in [2.45, 2.75) is 58.3 Å². The highest BCUT2D eigenvalue weighted by Crippen LogP contribution is 2.38. The van der Waals surface area contributed by atoms with Crippen molar-refractivity contribution in [2.24, 2.45) is 5.92 Å². The zero-order valence-electron chi connectivity index (χ0n) is 12.5. The minimum Gasteiger partial charge on any atom is -0.310 e.